The predicted molar refractivity (Wildman–Crippen MR) is 119 cm³/mol. The minimum absolute atomic E-state index is 0.304. The number of carbonyl (C=O) groups excluding carboxylic acids is 1. The van der Waals surface area contributed by atoms with Crippen LogP contribution in [-0.4, -0.2) is 58.5 Å². The third-order valence-electron chi connectivity index (χ3n) is 6.25. The molecule has 2 aromatic heterocycles. The van der Waals surface area contributed by atoms with Crippen LogP contribution >= 0.6 is 0 Å². The Kier molecular flexibility index (Phi) is 6.05. The van der Waals surface area contributed by atoms with Crippen molar-refractivity contribution in [2.45, 2.75) is 25.3 Å². The summed E-state index contributed by atoms with van der Waals surface area (Å²) in [7, 11) is 0. The van der Waals surface area contributed by atoms with Crippen LogP contribution < -0.4 is 15.0 Å². The molecule has 0 spiro atoms. The molecule has 2 N–H and O–H groups in total. The molecule has 0 aliphatic carbocycles. The molecular formula is C23H22F4N6O2. The number of carbonyl (C=O) groups is 1. The van der Waals surface area contributed by atoms with Gasteiger partial charge in [0.25, 0.3) is 0 Å². The number of benzene rings is 1. The number of alkyl halides is 4. The standard InChI is InChI=1S/C23H22F4N6O2/c24-8-18-13-33(20-4-2-17(11-28-20)23(25,26)27)6-5-32(18)12-16-10-30-31-21(16)14-1-3-19-15(7-14)9-29-22(34)35-19/h1-4,7,10-11,18H,5-6,8-9,12-13H2,(H,29,34)(H,30,31)/t18-/m0/s1. The zero-order valence-corrected chi connectivity index (χ0v) is 18.5. The molecule has 5 rings (SSSR count). The van der Waals surface area contributed by atoms with Crippen molar-refractivity contribution in [1.29, 1.82) is 0 Å². The zero-order valence-electron chi connectivity index (χ0n) is 18.5. The van der Waals surface area contributed by atoms with E-state index in [1.165, 1.54) is 6.07 Å². The molecule has 4 heterocycles. The van der Waals surface area contributed by atoms with Gasteiger partial charge in [0.05, 0.1) is 23.5 Å². The Morgan fingerprint density at radius 1 is 1.14 bits per heavy atom. The second kappa shape index (κ2) is 9.17. The molecule has 0 radical (unpaired) electrons. The number of piperazine rings is 1. The maximum Gasteiger partial charge on any atom is 0.417 e. The molecule has 0 saturated carbocycles. The SMILES string of the molecule is O=C1NCc2cc(-c3[nH]ncc3CN3CCN(c4ccc(C(F)(F)F)cn4)C[C@@H]3CF)ccc2O1. The van der Waals surface area contributed by atoms with Gasteiger partial charge in [0.2, 0.25) is 0 Å². The lowest BCUT2D eigenvalue weighted by Crippen LogP contribution is -2.54. The lowest BCUT2D eigenvalue weighted by Gasteiger charge is -2.40. The topological polar surface area (TPSA) is 86.4 Å². The van der Waals surface area contributed by atoms with E-state index < -0.39 is 30.5 Å². The molecule has 2 aliphatic rings. The van der Waals surface area contributed by atoms with Crippen LogP contribution in [0, 0.1) is 0 Å². The summed E-state index contributed by atoms with van der Waals surface area (Å²) in [5.74, 6) is 0.896. The van der Waals surface area contributed by atoms with Crippen molar-refractivity contribution in [2.24, 2.45) is 0 Å². The monoisotopic (exact) mass is 490 g/mol. The van der Waals surface area contributed by atoms with Crippen LogP contribution in [0.2, 0.25) is 0 Å². The van der Waals surface area contributed by atoms with Crippen molar-refractivity contribution < 1.29 is 27.1 Å². The first-order valence-corrected chi connectivity index (χ1v) is 11.0. The number of nitrogens with zero attached hydrogens (tertiary/aromatic N) is 4. The number of aromatic amines is 1. The minimum Gasteiger partial charge on any atom is -0.410 e. The van der Waals surface area contributed by atoms with Gasteiger partial charge in [-0.3, -0.25) is 10.00 Å². The van der Waals surface area contributed by atoms with E-state index in [-0.39, 0.29) is 0 Å². The summed E-state index contributed by atoms with van der Waals surface area (Å²) in [5.41, 5.74) is 2.55. The largest absolute Gasteiger partial charge is 0.417 e. The fourth-order valence-corrected chi connectivity index (χ4v) is 4.37. The van der Waals surface area contributed by atoms with Crippen LogP contribution in [0.4, 0.5) is 28.2 Å². The average molecular weight is 490 g/mol. The third kappa shape index (κ3) is 4.78. The van der Waals surface area contributed by atoms with Crippen LogP contribution in [0.5, 0.6) is 5.75 Å². The second-order valence-corrected chi connectivity index (χ2v) is 8.46. The van der Waals surface area contributed by atoms with Crippen LogP contribution in [-0.2, 0) is 19.3 Å². The third-order valence-corrected chi connectivity index (χ3v) is 6.25. The highest BCUT2D eigenvalue weighted by Gasteiger charge is 2.32. The first kappa shape index (κ1) is 23.1. The van der Waals surface area contributed by atoms with Crippen LogP contribution in [0.1, 0.15) is 16.7 Å². The Hall–Kier alpha value is -3.67. The van der Waals surface area contributed by atoms with Gasteiger partial charge >= 0.3 is 12.3 Å². The van der Waals surface area contributed by atoms with Crippen molar-refractivity contribution in [3.05, 3.63) is 59.4 Å². The normalized spacial score (nSPS) is 18.7. The van der Waals surface area contributed by atoms with Crippen molar-refractivity contribution in [3.8, 4) is 17.0 Å². The van der Waals surface area contributed by atoms with E-state index in [1.54, 1.807) is 17.2 Å². The highest BCUT2D eigenvalue weighted by molar-refractivity contribution is 5.74. The van der Waals surface area contributed by atoms with Crippen molar-refractivity contribution >= 4 is 11.9 Å². The van der Waals surface area contributed by atoms with E-state index >= 15 is 0 Å². The molecule has 8 nitrogen and oxygen atoms in total. The van der Waals surface area contributed by atoms with Gasteiger partial charge in [-0.2, -0.15) is 18.3 Å². The minimum atomic E-state index is -4.45. The van der Waals surface area contributed by atoms with Crippen LogP contribution in [0.3, 0.4) is 0 Å². The Morgan fingerprint density at radius 3 is 2.74 bits per heavy atom. The lowest BCUT2D eigenvalue weighted by molar-refractivity contribution is -0.137. The van der Waals surface area contributed by atoms with Gasteiger partial charge < -0.3 is 15.0 Å². The van der Waals surface area contributed by atoms with E-state index in [4.69, 9.17) is 4.74 Å². The van der Waals surface area contributed by atoms with Gasteiger partial charge in [0.1, 0.15) is 18.2 Å². The lowest BCUT2D eigenvalue weighted by atomic mass is 10.0. The Morgan fingerprint density at radius 2 is 2.00 bits per heavy atom. The summed E-state index contributed by atoms with van der Waals surface area (Å²) in [5, 5.41) is 9.80. The molecule has 12 heteroatoms. The van der Waals surface area contributed by atoms with Gasteiger partial charge in [-0.1, -0.05) is 0 Å². The quantitative estimate of drug-likeness (QED) is 0.530. The molecule has 35 heavy (non-hydrogen) atoms. The maximum atomic E-state index is 14.0. The highest BCUT2D eigenvalue weighted by Crippen LogP contribution is 2.32. The predicted octanol–water partition coefficient (Wildman–Crippen LogP) is 3.75. The highest BCUT2D eigenvalue weighted by atomic mass is 19.4. The van der Waals surface area contributed by atoms with E-state index in [1.807, 2.05) is 17.0 Å². The van der Waals surface area contributed by atoms with Gasteiger partial charge in [-0.15, -0.1) is 0 Å². The van der Waals surface area contributed by atoms with Crippen LogP contribution in [0.25, 0.3) is 11.3 Å². The molecule has 184 valence electrons. The fraction of sp³-hybridized carbons (Fsp3) is 0.348. The van der Waals surface area contributed by atoms with E-state index in [2.05, 4.69) is 20.5 Å². The molecule has 3 aromatic rings. The van der Waals surface area contributed by atoms with E-state index in [0.717, 1.165) is 34.6 Å². The Balaban J connectivity index is 1.29. The van der Waals surface area contributed by atoms with Gasteiger partial charge in [0, 0.05) is 55.6 Å². The number of hydrogen-bond acceptors (Lipinski definition) is 6. The number of aromatic nitrogens is 3. The van der Waals surface area contributed by atoms with Crippen LogP contribution in [0.15, 0.2) is 42.7 Å². The molecule has 1 atom stereocenters. The molecule has 2 aliphatic heterocycles. The number of anilines is 1. The number of hydrogen-bond donors (Lipinski definition) is 2. The first-order valence-electron chi connectivity index (χ1n) is 11.0. The molecule has 0 unspecified atom stereocenters. The number of fused-ring (bicyclic) bond motifs is 1. The fourth-order valence-electron chi connectivity index (χ4n) is 4.37. The molecule has 0 bridgehead atoms. The van der Waals surface area contributed by atoms with Crippen molar-refractivity contribution in [2.75, 3.05) is 31.2 Å². The number of amides is 1. The number of ether oxygens (including phenoxy) is 1. The zero-order chi connectivity index (χ0) is 24.6. The smallest absolute Gasteiger partial charge is 0.410 e. The Bertz CT molecular complexity index is 1210. The molecule has 1 amide bonds. The second-order valence-electron chi connectivity index (χ2n) is 8.46. The summed E-state index contributed by atoms with van der Waals surface area (Å²) >= 11 is 0. The van der Waals surface area contributed by atoms with E-state index in [9.17, 15) is 22.4 Å². The van der Waals surface area contributed by atoms with Gasteiger partial charge in [-0.05, 0) is 30.3 Å². The van der Waals surface area contributed by atoms with Gasteiger partial charge in [0.15, 0.2) is 0 Å². The number of halogens is 4. The summed E-state index contributed by atoms with van der Waals surface area (Å²) in [4.78, 5) is 19.1. The number of rotatable bonds is 5. The van der Waals surface area contributed by atoms with E-state index in [0.29, 0.717) is 44.3 Å². The number of nitrogens with one attached hydrogen (secondary N) is 2. The molecule has 1 aromatic carbocycles. The summed E-state index contributed by atoms with van der Waals surface area (Å²) in [6.07, 6.45) is -2.44. The van der Waals surface area contributed by atoms with Crippen molar-refractivity contribution in [3.63, 3.8) is 0 Å². The Labute approximate surface area is 197 Å². The maximum absolute atomic E-state index is 14.0. The average Bonchev–Trinajstić information content (AvgIpc) is 3.31. The summed E-state index contributed by atoms with van der Waals surface area (Å²) in [6, 6.07) is 7.33. The number of H-pyrrole nitrogens is 1. The number of pyridine rings is 1. The van der Waals surface area contributed by atoms with Crippen molar-refractivity contribution in [1.82, 2.24) is 25.4 Å². The molecule has 1 saturated heterocycles. The molecular weight excluding hydrogens is 468 g/mol. The summed E-state index contributed by atoms with van der Waals surface area (Å²) in [6.45, 7) is 1.50. The molecule has 1 fully saturated rings. The first-order chi connectivity index (χ1) is 16.8. The summed E-state index contributed by atoms with van der Waals surface area (Å²) < 4.78 is 57.6. The van der Waals surface area contributed by atoms with Gasteiger partial charge in [-0.25, -0.2) is 14.2 Å².